The van der Waals surface area contributed by atoms with Gasteiger partial charge in [0.2, 0.25) is 0 Å². The van der Waals surface area contributed by atoms with E-state index in [0.717, 1.165) is 6.20 Å². The van der Waals surface area contributed by atoms with Crippen LogP contribution in [0.25, 0.3) is 0 Å². The summed E-state index contributed by atoms with van der Waals surface area (Å²) in [6.07, 6.45) is 1.09. The van der Waals surface area contributed by atoms with Crippen LogP contribution in [0.2, 0.25) is 0 Å². The number of anilines is 1. The van der Waals surface area contributed by atoms with Gasteiger partial charge in [-0.05, 0) is 6.07 Å². The van der Waals surface area contributed by atoms with Crippen molar-refractivity contribution in [3.05, 3.63) is 28.4 Å². The fourth-order valence-corrected chi connectivity index (χ4v) is 0.869. The smallest absolute Gasteiger partial charge is 0.287 e. The van der Waals surface area contributed by atoms with E-state index >= 15 is 0 Å². The van der Waals surface area contributed by atoms with Gasteiger partial charge in [0.25, 0.3) is 11.6 Å². The Balaban J connectivity index is 2.49. The van der Waals surface area contributed by atoms with Crippen molar-refractivity contribution >= 4 is 17.4 Å². The molecule has 0 aliphatic heterocycles. The summed E-state index contributed by atoms with van der Waals surface area (Å²) in [6.45, 7) is -0.0834. The molecule has 8 nitrogen and oxygen atoms in total. The largest absolute Gasteiger partial charge is 0.375 e. The number of aromatic nitrogens is 1. The van der Waals surface area contributed by atoms with Gasteiger partial charge in [0, 0.05) is 13.2 Å². The highest BCUT2D eigenvalue weighted by Gasteiger charge is 2.05. The first-order valence-electron chi connectivity index (χ1n) is 4.27. The predicted octanol–water partition coefficient (Wildman–Crippen LogP) is 0.0793. The topological polar surface area (TPSA) is 106 Å². The molecule has 0 bridgehead atoms. The van der Waals surface area contributed by atoms with Crippen LogP contribution >= 0.6 is 0 Å². The molecular formula is C8H10N4O4. The number of nitro groups is 1. The van der Waals surface area contributed by atoms with Gasteiger partial charge in [0.1, 0.15) is 18.6 Å². The van der Waals surface area contributed by atoms with Gasteiger partial charge in [-0.1, -0.05) is 0 Å². The Morgan fingerprint density at radius 1 is 1.62 bits per heavy atom. The third kappa shape index (κ3) is 3.50. The third-order valence-electron chi connectivity index (χ3n) is 1.56. The number of hydrogen-bond acceptors (Lipinski definition) is 6. The first kappa shape index (κ1) is 11.9. The van der Waals surface area contributed by atoms with Gasteiger partial charge in [-0.2, -0.15) is 0 Å². The number of carbonyl (C=O) groups excluding carboxylic acids is 1. The number of carbonyl (C=O) groups is 1. The second-order valence-electron chi connectivity index (χ2n) is 2.76. The van der Waals surface area contributed by atoms with Gasteiger partial charge in [0.05, 0.1) is 4.92 Å². The Morgan fingerprint density at radius 2 is 2.38 bits per heavy atom. The molecule has 8 heteroatoms. The molecule has 0 radical (unpaired) electrons. The van der Waals surface area contributed by atoms with Crippen molar-refractivity contribution in [2.24, 2.45) is 0 Å². The molecule has 0 aromatic carbocycles. The van der Waals surface area contributed by atoms with E-state index in [-0.39, 0.29) is 18.2 Å². The minimum atomic E-state index is -0.555. The lowest BCUT2D eigenvalue weighted by atomic mass is 10.4. The Kier molecular flexibility index (Phi) is 4.16. The Labute approximate surface area is 90.7 Å². The second-order valence-corrected chi connectivity index (χ2v) is 2.76. The quantitative estimate of drug-likeness (QED) is 0.544. The lowest BCUT2D eigenvalue weighted by Crippen LogP contribution is -2.32. The van der Waals surface area contributed by atoms with Crippen LogP contribution in [0.15, 0.2) is 18.3 Å². The molecule has 0 spiro atoms. The lowest BCUT2D eigenvalue weighted by molar-refractivity contribution is -0.385. The molecule has 1 amide bonds. The molecule has 0 saturated heterocycles. The number of nitrogens with one attached hydrogen (secondary N) is 2. The van der Waals surface area contributed by atoms with E-state index in [1.54, 1.807) is 0 Å². The monoisotopic (exact) mass is 226 g/mol. The molecule has 1 aromatic rings. The summed E-state index contributed by atoms with van der Waals surface area (Å²) in [5.41, 5.74) is 4.67. The van der Waals surface area contributed by atoms with Gasteiger partial charge in [-0.25, -0.2) is 4.98 Å². The normalized spacial score (nSPS) is 9.56. The van der Waals surface area contributed by atoms with Crippen LogP contribution in [0.3, 0.4) is 0 Å². The van der Waals surface area contributed by atoms with Crippen molar-refractivity contribution in [3.63, 3.8) is 0 Å². The van der Waals surface area contributed by atoms with Gasteiger partial charge in [0.15, 0.2) is 0 Å². The van der Waals surface area contributed by atoms with Gasteiger partial charge in [-0.3, -0.25) is 25.8 Å². The minimum absolute atomic E-state index is 0.0834. The van der Waals surface area contributed by atoms with Crippen LogP contribution in [0, 0.1) is 10.1 Å². The van der Waals surface area contributed by atoms with Gasteiger partial charge < -0.3 is 4.74 Å². The standard InChI is InChI=1S/C8H10N4O4/c1-16-5-8(13)11-10-7-3-2-6(4-9-7)12(14)15/h2-4H,5H2,1H3,(H,9,10)(H,11,13). The van der Waals surface area contributed by atoms with Gasteiger partial charge in [-0.15, -0.1) is 0 Å². The third-order valence-corrected chi connectivity index (χ3v) is 1.56. The van der Waals surface area contributed by atoms with Crippen molar-refractivity contribution in [1.82, 2.24) is 10.4 Å². The van der Waals surface area contributed by atoms with Crippen molar-refractivity contribution in [2.75, 3.05) is 19.1 Å². The van der Waals surface area contributed by atoms with Crippen LogP contribution in [0.4, 0.5) is 11.5 Å². The van der Waals surface area contributed by atoms with E-state index in [9.17, 15) is 14.9 Å². The maximum absolute atomic E-state index is 11.0. The lowest BCUT2D eigenvalue weighted by Gasteiger charge is -2.06. The predicted molar refractivity (Wildman–Crippen MR) is 54.5 cm³/mol. The highest BCUT2D eigenvalue weighted by Crippen LogP contribution is 2.10. The van der Waals surface area contributed by atoms with Crippen molar-refractivity contribution in [2.45, 2.75) is 0 Å². The molecular weight excluding hydrogens is 216 g/mol. The number of ether oxygens (including phenoxy) is 1. The molecule has 0 aliphatic rings. The number of pyridine rings is 1. The molecule has 0 atom stereocenters. The van der Waals surface area contributed by atoms with E-state index in [1.807, 2.05) is 0 Å². The molecule has 1 aromatic heterocycles. The maximum Gasteiger partial charge on any atom is 0.287 e. The van der Waals surface area contributed by atoms with Crippen molar-refractivity contribution < 1.29 is 14.5 Å². The number of hydrazine groups is 1. The zero-order valence-electron chi connectivity index (χ0n) is 8.47. The summed E-state index contributed by atoms with van der Waals surface area (Å²) < 4.78 is 4.58. The first-order chi connectivity index (χ1) is 7.63. The van der Waals surface area contributed by atoms with E-state index in [2.05, 4.69) is 20.6 Å². The summed E-state index contributed by atoms with van der Waals surface area (Å²) in [7, 11) is 1.39. The Hall–Kier alpha value is -2.22. The zero-order chi connectivity index (χ0) is 12.0. The molecule has 86 valence electrons. The highest BCUT2D eigenvalue weighted by atomic mass is 16.6. The highest BCUT2D eigenvalue weighted by molar-refractivity contribution is 5.78. The molecule has 2 N–H and O–H groups in total. The van der Waals surface area contributed by atoms with Crippen molar-refractivity contribution in [1.29, 1.82) is 0 Å². The van der Waals surface area contributed by atoms with Crippen LogP contribution in [-0.4, -0.2) is 29.5 Å². The molecule has 1 rings (SSSR count). The average molecular weight is 226 g/mol. The molecule has 1 heterocycles. The number of amides is 1. The summed E-state index contributed by atoms with van der Waals surface area (Å²) in [5, 5.41) is 10.3. The molecule has 0 fully saturated rings. The molecule has 0 unspecified atom stereocenters. The number of hydrogen-bond donors (Lipinski definition) is 2. The average Bonchev–Trinajstić information content (AvgIpc) is 2.27. The van der Waals surface area contributed by atoms with E-state index < -0.39 is 4.92 Å². The summed E-state index contributed by atoms with van der Waals surface area (Å²) >= 11 is 0. The van der Waals surface area contributed by atoms with Crippen LogP contribution in [0.5, 0.6) is 0 Å². The van der Waals surface area contributed by atoms with Crippen LogP contribution in [0.1, 0.15) is 0 Å². The van der Waals surface area contributed by atoms with E-state index in [0.29, 0.717) is 5.82 Å². The van der Waals surface area contributed by atoms with Gasteiger partial charge >= 0.3 is 0 Å². The van der Waals surface area contributed by atoms with Crippen molar-refractivity contribution in [3.8, 4) is 0 Å². The zero-order valence-corrected chi connectivity index (χ0v) is 8.47. The fraction of sp³-hybridized carbons (Fsp3) is 0.250. The summed E-state index contributed by atoms with van der Waals surface area (Å²) in [5.74, 6) is -0.0716. The van der Waals surface area contributed by atoms with Crippen LogP contribution < -0.4 is 10.9 Å². The summed E-state index contributed by atoms with van der Waals surface area (Å²) in [6, 6.07) is 2.66. The van der Waals surface area contributed by atoms with E-state index in [1.165, 1.54) is 19.2 Å². The molecule has 0 aliphatic carbocycles. The summed E-state index contributed by atoms with van der Waals surface area (Å²) in [4.78, 5) is 24.4. The van der Waals surface area contributed by atoms with E-state index in [4.69, 9.17) is 0 Å². The first-order valence-corrected chi connectivity index (χ1v) is 4.27. The number of nitrogens with zero attached hydrogens (tertiary/aromatic N) is 2. The molecule has 0 saturated carbocycles. The SMILES string of the molecule is COCC(=O)NNc1ccc([N+](=O)[O-])cn1. The fourth-order valence-electron chi connectivity index (χ4n) is 0.869. The second kappa shape index (κ2) is 5.61. The Morgan fingerprint density at radius 3 is 2.88 bits per heavy atom. The maximum atomic E-state index is 11.0. The number of rotatable bonds is 5. The Bertz CT molecular complexity index is 378. The molecule has 16 heavy (non-hydrogen) atoms. The van der Waals surface area contributed by atoms with Crippen LogP contribution in [-0.2, 0) is 9.53 Å². The number of methoxy groups -OCH3 is 1. The minimum Gasteiger partial charge on any atom is -0.375 e.